The predicted octanol–water partition coefficient (Wildman–Crippen LogP) is 2.24. The van der Waals surface area contributed by atoms with Gasteiger partial charge in [0.2, 0.25) is 0 Å². The molecule has 0 spiro atoms. The first-order valence-electron chi connectivity index (χ1n) is 8.56. The van der Waals surface area contributed by atoms with Crippen molar-refractivity contribution in [2.45, 2.75) is 64.1 Å². The van der Waals surface area contributed by atoms with Gasteiger partial charge >= 0.3 is 0 Å². The largest absolute Gasteiger partial charge is 0.310 e. The molecule has 0 amide bonds. The van der Waals surface area contributed by atoms with Gasteiger partial charge in [0, 0.05) is 37.8 Å². The fourth-order valence-corrected chi connectivity index (χ4v) is 3.62. The maximum absolute atomic E-state index is 3.93. The van der Waals surface area contributed by atoms with Crippen LogP contribution < -0.4 is 5.32 Å². The standard InChI is InChI=1S/C17H31N3/c1-14(2)5-9-19-10-6-15(7-11-19)18-16-8-12-20(13-16)17-3-4-17/h5,15-18H,3-4,6-13H2,1-2H3. The highest BCUT2D eigenvalue weighted by molar-refractivity contribution is 4.96. The Bertz CT molecular complexity index is 336. The lowest BCUT2D eigenvalue weighted by Crippen LogP contribution is -2.47. The second kappa shape index (κ2) is 6.59. The fraction of sp³-hybridized carbons (Fsp3) is 0.882. The Morgan fingerprint density at radius 1 is 1.00 bits per heavy atom. The Morgan fingerprint density at radius 2 is 1.70 bits per heavy atom. The molecule has 2 saturated heterocycles. The van der Waals surface area contributed by atoms with E-state index in [0.29, 0.717) is 0 Å². The quantitative estimate of drug-likeness (QED) is 0.778. The second-order valence-corrected chi connectivity index (χ2v) is 7.23. The maximum Gasteiger partial charge on any atom is 0.0209 e. The van der Waals surface area contributed by atoms with E-state index in [2.05, 4.69) is 35.0 Å². The van der Waals surface area contributed by atoms with Gasteiger partial charge in [-0.05, 0) is 59.0 Å². The predicted molar refractivity (Wildman–Crippen MR) is 85.0 cm³/mol. The number of likely N-dealkylation sites (tertiary alicyclic amines) is 2. The van der Waals surface area contributed by atoms with E-state index in [1.807, 2.05) is 0 Å². The third kappa shape index (κ3) is 4.06. The van der Waals surface area contributed by atoms with Gasteiger partial charge in [-0.1, -0.05) is 11.6 Å². The summed E-state index contributed by atoms with van der Waals surface area (Å²) in [6.07, 6.45) is 9.30. The van der Waals surface area contributed by atoms with Crippen molar-refractivity contribution in [2.24, 2.45) is 0 Å². The first kappa shape index (κ1) is 14.6. The summed E-state index contributed by atoms with van der Waals surface area (Å²) >= 11 is 0. The van der Waals surface area contributed by atoms with E-state index >= 15 is 0 Å². The van der Waals surface area contributed by atoms with E-state index in [4.69, 9.17) is 0 Å². The van der Waals surface area contributed by atoms with Crippen molar-refractivity contribution >= 4 is 0 Å². The minimum absolute atomic E-state index is 0.766. The summed E-state index contributed by atoms with van der Waals surface area (Å²) in [5, 5.41) is 3.93. The average molecular weight is 277 g/mol. The summed E-state index contributed by atoms with van der Waals surface area (Å²) in [6, 6.07) is 2.49. The van der Waals surface area contributed by atoms with Crippen molar-refractivity contribution < 1.29 is 0 Å². The minimum atomic E-state index is 0.766. The lowest BCUT2D eigenvalue weighted by Gasteiger charge is -2.33. The molecule has 1 unspecified atom stereocenters. The molecule has 0 bridgehead atoms. The highest BCUT2D eigenvalue weighted by atomic mass is 15.2. The molecule has 1 aliphatic carbocycles. The van der Waals surface area contributed by atoms with Crippen LogP contribution in [0.25, 0.3) is 0 Å². The molecular formula is C17H31N3. The summed E-state index contributed by atoms with van der Waals surface area (Å²) in [4.78, 5) is 5.30. The van der Waals surface area contributed by atoms with Gasteiger partial charge in [0.15, 0.2) is 0 Å². The number of allylic oxidation sites excluding steroid dienone is 1. The Labute approximate surface area is 124 Å². The molecule has 3 aliphatic rings. The monoisotopic (exact) mass is 277 g/mol. The van der Waals surface area contributed by atoms with Crippen molar-refractivity contribution in [3.05, 3.63) is 11.6 Å². The summed E-state index contributed by atoms with van der Waals surface area (Å²) < 4.78 is 0. The van der Waals surface area contributed by atoms with E-state index in [1.54, 1.807) is 0 Å². The average Bonchev–Trinajstić information content (AvgIpc) is 3.19. The van der Waals surface area contributed by atoms with Crippen LogP contribution in [-0.2, 0) is 0 Å². The van der Waals surface area contributed by atoms with Gasteiger partial charge in [0.25, 0.3) is 0 Å². The molecule has 114 valence electrons. The van der Waals surface area contributed by atoms with Crippen LogP contribution in [0.5, 0.6) is 0 Å². The van der Waals surface area contributed by atoms with Gasteiger partial charge in [0.1, 0.15) is 0 Å². The molecule has 0 aromatic carbocycles. The number of nitrogens with one attached hydrogen (secondary N) is 1. The Hall–Kier alpha value is -0.380. The smallest absolute Gasteiger partial charge is 0.0209 e. The van der Waals surface area contributed by atoms with Gasteiger partial charge in [-0.15, -0.1) is 0 Å². The highest BCUT2D eigenvalue weighted by Crippen LogP contribution is 2.30. The minimum Gasteiger partial charge on any atom is -0.310 e. The molecule has 3 fully saturated rings. The van der Waals surface area contributed by atoms with Crippen LogP contribution in [0.3, 0.4) is 0 Å². The molecule has 2 heterocycles. The third-order valence-electron chi connectivity index (χ3n) is 5.10. The van der Waals surface area contributed by atoms with Gasteiger partial charge in [-0.2, -0.15) is 0 Å². The topological polar surface area (TPSA) is 18.5 Å². The summed E-state index contributed by atoms with van der Waals surface area (Å²) in [5.41, 5.74) is 1.44. The molecule has 2 aliphatic heterocycles. The molecule has 0 aromatic rings. The molecule has 0 radical (unpaired) electrons. The number of hydrogen-bond acceptors (Lipinski definition) is 3. The number of hydrogen-bond donors (Lipinski definition) is 1. The molecular weight excluding hydrogens is 246 g/mol. The first-order valence-corrected chi connectivity index (χ1v) is 8.56. The van der Waals surface area contributed by atoms with Gasteiger partial charge in [-0.25, -0.2) is 0 Å². The van der Waals surface area contributed by atoms with Crippen LogP contribution >= 0.6 is 0 Å². The Balaban J connectivity index is 1.35. The number of piperidine rings is 1. The lowest BCUT2D eigenvalue weighted by atomic mass is 10.0. The van der Waals surface area contributed by atoms with Crippen LogP contribution in [0.1, 0.15) is 46.0 Å². The van der Waals surface area contributed by atoms with Crippen molar-refractivity contribution in [1.29, 1.82) is 0 Å². The van der Waals surface area contributed by atoms with Crippen molar-refractivity contribution in [3.8, 4) is 0 Å². The molecule has 20 heavy (non-hydrogen) atoms. The zero-order chi connectivity index (χ0) is 13.9. The maximum atomic E-state index is 3.93. The molecule has 1 N–H and O–H groups in total. The van der Waals surface area contributed by atoms with Gasteiger partial charge in [-0.3, -0.25) is 9.80 Å². The van der Waals surface area contributed by atoms with Crippen LogP contribution in [0.4, 0.5) is 0 Å². The molecule has 1 saturated carbocycles. The Kier molecular flexibility index (Phi) is 4.79. The third-order valence-corrected chi connectivity index (χ3v) is 5.10. The summed E-state index contributed by atoms with van der Waals surface area (Å²) in [5.74, 6) is 0. The molecule has 3 nitrogen and oxygen atoms in total. The van der Waals surface area contributed by atoms with E-state index in [0.717, 1.165) is 24.7 Å². The van der Waals surface area contributed by atoms with E-state index < -0.39 is 0 Å². The Morgan fingerprint density at radius 3 is 2.35 bits per heavy atom. The highest BCUT2D eigenvalue weighted by Gasteiger charge is 2.35. The normalized spacial score (nSPS) is 29.8. The molecule has 0 aromatic heterocycles. The molecule has 3 heteroatoms. The van der Waals surface area contributed by atoms with Gasteiger partial charge in [0.05, 0.1) is 0 Å². The van der Waals surface area contributed by atoms with Crippen LogP contribution in [0, 0.1) is 0 Å². The van der Waals surface area contributed by atoms with Crippen LogP contribution in [-0.4, -0.2) is 60.6 Å². The summed E-state index contributed by atoms with van der Waals surface area (Å²) in [6.45, 7) is 10.7. The SMILES string of the molecule is CC(C)=CCN1CCC(NC2CCN(C3CC3)C2)CC1. The first-order chi connectivity index (χ1) is 9.70. The van der Waals surface area contributed by atoms with E-state index in [-0.39, 0.29) is 0 Å². The van der Waals surface area contributed by atoms with Crippen molar-refractivity contribution in [2.75, 3.05) is 32.7 Å². The van der Waals surface area contributed by atoms with E-state index in [9.17, 15) is 0 Å². The second-order valence-electron chi connectivity index (χ2n) is 7.23. The van der Waals surface area contributed by atoms with Crippen molar-refractivity contribution in [3.63, 3.8) is 0 Å². The van der Waals surface area contributed by atoms with Gasteiger partial charge < -0.3 is 5.32 Å². The van der Waals surface area contributed by atoms with Crippen LogP contribution in [0.15, 0.2) is 11.6 Å². The lowest BCUT2D eigenvalue weighted by molar-refractivity contribution is 0.205. The molecule has 1 atom stereocenters. The zero-order valence-electron chi connectivity index (χ0n) is 13.3. The number of nitrogens with zero attached hydrogens (tertiary/aromatic N) is 2. The van der Waals surface area contributed by atoms with Crippen LogP contribution in [0.2, 0.25) is 0 Å². The fourth-order valence-electron chi connectivity index (χ4n) is 3.62. The van der Waals surface area contributed by atoms with E-state index in [1.165, 1.54) is 63.9 Å². The summed E-state index contributed by atoms with van der Waals surface area (Å²) in [7, 11) is 0. The van der Waals surface area contributed by atoms with Crippen molar-refractivity contribution in [1.82, 2.24) is 15.1 Å². The zero-order valence-corrected chi connectivity index (χ0v) is 13.3. The molecule has 3 rings (SSSR count). The number of rotatable bonds is 5.